The third-order valence-corrected chi connectivity index (χ3v) is 3.20. The van der Waals surface area contributed by atoms with E-state index in [1.807, 2.05) is 41.2 Å². The summed E-state index contributed by atoms with van der Waals surface area (Å²) in [4.78, 5) is 0. The zero-order chi connectivity index (χ0) is 13.9. The third kappa shape index (κ3) is 2.33. The van der Waals surface area contributed by atoms with E-state index in [1.165, 1.54) is 12.1 Å². The Kier molecular flexibility index (Phi) is 3.31. The first kappa shape index (κ1) is 12.6. The summed E-state index contributed by atoms with van der Waals surface area (Å²) in [5, 5.41) is 4.61. The number of benzene rings is 2. The summed E-state index contributed by atoms with van der Waals surface area (Å²) >= 11 is 0. The molecule has 3 N–H and O–H groups in total. The molecule has 3 rings (SSSR count). The molecule has 0 saturated heterocycles. The molecule has 3 aromatic rings. The van der Waals surface area contributed by atoms with Crippen LogP contribution in [-0.4, -0.2) is 9.78 Å². The fourth-order valence-electron chi connectivity index (χ4n) is 2.16. The van der Waals surface area contributed by atoms with Crippen molar-refractivity contribution >= 4 is 0 Å². The lowest BCUT2D eigenvalue weighted by Crippen LogP contribution is -2.47. The molecular formula is C16H15FN3+. The van der Waals surface area contributed by atoms with Crippen LogP contribution in [0.3, 0.4) is 0 Å². The van der Waals surface area contributed by atoms with Gasteiger partial charge in [-0.2, -0.15) is 5.10 Å². The van der Waals surface area contributed by atoms with Crippen LogP contribution in [0.2, 0.25) is 0 Å². The zero-order valence-electron chi connectivity index (χ0n) is 11.0. The van der Waals surface area contributed by atoms with E-state index < -0.39 is 0 Å². The number of hydrogen-bond donors (Lipinski definition) is 1. The molecule has 3 nitrogen and oxygen atoms in total. The SMILES string of the molecule is [NH3+]Cc1cn(-c2ccccc2)nc1-c1ccc(F)cc1. The van der Waals surface area contributed by atoms with Crippen molar-refractivity contribution in [2.45, 2.75) is 6.54 Å². The molecule has 0 bridgehead atoms. The normalized spacial score (nSPS) is 10.7. The Bertz CT molecular complexity index is 702. The second kappa shape index (κ2) is 5.27. The second-order valence-electron chi connectivity index (χ2n) is 4.54. The highest BCUT2D eigenvalue weighted by Crippen LogP contribution is 2.23. The van der Waals surface area contributed by atoms with Crippen LogP contribution in [-0.2, 0) is 6.54 Å². The van der Waals surface area contributed by atoms with Crippen LogP contribution in [0.5, 0.6) is 0 Å². The highest BCUT2D eigenvalue weighted by molar-refractivity contribution is 5.63. The van der Waals surface area contributed by atoms with E-state index in [9.17, 15) is 4.39 Å². The van der Waals surface area contributed by atoms with Crippen LogP contribution in [0.15, 0.2) is 60.8 Å². The largest absolute Gasteiger partial charge is 0.354 e. The molecule has 0 saturated carbocycles. The molecule has 0 unspecified atom stereocenters. The first-order valence-electron chi connectivity index (χ1n) is 6.47. The van der Waals surface area contributed by atoms with Crippen LogP contribution >= 0.6 is 0 Å². The summed E-state index contributed by atoms with van der Waals surface area (Å²) in [7, 11) is 0. The summed E-state index contributed by atoms with van der Waals surface area (Å²) in [5.74, 6) is -0.243. The topological polar surface area (TPSA) is 45.5 Å². The Labute approximate surface area is 116 Å². The van der Waals surface area contributed by atoms with Crippen LogP contribution in [0.25, 0.3) is 16.9 Å². The van der Waals surface area contributed by atoms with Gasteiger partial charge in [-0.1, -0.05) is 18.2 Å². The Morgan fingerprint density at radius 1 is 1.00 bits per heavy atom. The molecule has 0 aliphatic heterocycles. The molecule has 2 aromatic carbocycles. The van der Waals surface area contributed by atoms with Gasteiger partial charge in [-0.3, -0.25) is 0 Å². The van der Waals surface area contributed by atoms with E-state index in [0.29, 0.717) is 6.54 Å². The van der Waals surface area contributed by atoms with Crippen LogP contribution in [0.1, 0.15) is 5.56 Å². The monoisotopic (exact) mass is 268 g/mol. The second-order valence-corrected chi connectivity index (χ2v) is 4.54. The lowest BCUT2D eigenvalue weighted by atomic mass is 10.1. The van der Waals surface area contributed by atoms with E-state index in [1.54, 1.807) is 12.1 Å². The van der Waals surface area contributed by atoms with Gasteiger partial charge in [0, 0.05) is 11.8 Å². The minimum atomic E-state index is -0.243. The average molecular weight is 268 g/mol. The lowest BCUT2D eigenvalue weighted by Gasteiger charge is -2.00. The molecule has 1 aromatic heterocycles. The van der Waals surface area contributed by atoms with Gasteiger partial charge in [0.1, 0.15) is 18.1 Å². The molecule has 0 spiro atoms. The van der Waals surface area contributed by atoms with Crippen LogP contribution in [0, 0.1) is 5.82 Å². The Hall–Kier alpha value is -2.46. The lowest BCUT2D eigenvalue weighted by molar-refractivity contribution is -0.386. The van der Waals surface area contributed by atoms with Crippen molar-refractivity contribution < 1.29 is 10.1 Å². The van der Waals surface area contributed by atoms with Crippen molar-refractivity contribution in [1.82, 2.24) is 9.78 Å². The van der Waals surface area contributed by atoms with Crippen LogP contribution < -0.4 is 5.73 Å². The maximum absolute atomic E-state index is 13.0. The predicted molar refractivity (Wildman–Crippen MR) is 75.6 cm³/mol. The van der Waals surface area contributed by atoms with Gasteiger partial charge in [-0.15, -0.1) is 0 Å². The number of para-hydroxylation sites is 1. The summed E-state index contributed by atoms with van der Waals surface area (Å²) in [5.41, 5.74) is 7.73. The van der Waals surface area contributed by atoms with Crippen molar-refractivity contribution in [2.75, 3.05) is 0 Å². The predicted octanol–water partition coefficient (Wildman–Crippen LogP) is 2.42. The zero-order valence-corrected chi connectivity index (χ0v) is 11.0. The summed E-state index contributed by atoms with van der Waals surface area (Å²) < 4.78 is 14.8. The van der Waals surface area contributed by atoms with Crippen molar-refractivity contribution in [1.29, 1.82) is 0 Å². The standard InChI is InChI=1S/C16H14FN3/c17-14-8-6-12(7-9-14)16-13(10-18)11-20(19-16)15-4-2-1-3-5-15/h1-9,11H,10,18H2/p+1. The first-order chi connectivity index (χ1) is 9.78. The summed E-state index contributed by atoms with van der Waals surface area (Å²) in [6, 6.07) is 16.3. The number of hydrogen-bond acceptors (Lipinski definition) is 1. The molecule has 0 radical (unpaired) electrons. The number of rotatable bonds is 3. The van der Waals surface area contributed by atoms with Gasteiger partial charge in [0.2, 0.25) is 0 Å². The number of quaternary nitrogens is 1. The van der Waals surface area contributed by atoms with Gasteiger partial charge in [0.15, 0.2) is 0 Å². The minimum absolute atomic E-state index is 0.243. The molecule has 4 heteroatoms. The fraction of sp³-hybridized carbons (Fsp3) is 0.0625. The molecule has 0 amide bonds. The molecule has 100 valence electrons. The quantitative estimate of drug-likeness (QED) is 0.779. The Morgan fingerprint density at radius 2 is 1.70 bits per heavy atom. The molecule has 0 fully saturated rings. The van der Waals surface area contributed by atoms with Crippen molar-refractivity contribution in [3.8, 4) is 16.9 Å². The van der Waals surface area contributed by atoms with Crippen LogP contribution in [0.4, 0.5) is 4.39 Å². The van der Waals surface area contributed by atoms with E-state index in [-0.39, 0.29) is 5.82 Å². The maximum atomic E-state index is 13.0. The Morgan fingerprint density at radius 3 is 2.35 bits per heavy atom. The van der Waals surface area contributed by atoms with Crippen molar-refractivity contribution in [3.63, 3.8) is 0 Å². The van der Waals surface area contributed by atoms with Crippen molar-refractivity contribution in [3.05, 3.63) is 72.2 Å². The first-order valence-corrected chi connectivity index (χ1v) is 6.47. The molecule has 0 atom stereocenters. The van der Waals surface area contributed by atoms with E-state index in [2.05, 4.69) is 10.8 Å². The Balaban J connectivity index is 2.07. The molecule has 20 heavy (non-hydrogen) atoms. The molecular weight excluding hydrogens is 253 g/mol. The van der Waals surface area contributed by atoms with Gasteiger partial charge in [-0.25, -0.2) is 9.07 Å². The van der Waals surface area contributed by atoms with Gasteiger partial charge in [-0.05, 0) is 36.4 Å². The summed E-state index contributed by atoms with van der Waals surface area (Å²) in [6.45, 7) is 0.638. The van der Waals surface area contributed by atoms with E-state index in [4.69, 9.17) is 0 Å². The average Bonchev–Trinajstić information content (AvgIpc) is 2.93. The number of halogens is 1. The van der Waals surface area contributed by atoms with E-state index >= 15 is 0 Å². The maximum Gasteiger partial charge on any atom is 0.123 e. The van der Waals surface area contributed by atoms with Crippen molar-refractivity contribution in [2.24, 2.45) is 0 Å². The van der Waals surface area contributed by atoms with Gasteiger partial charge in [0.25, 0.3) is 0 Å². The van der Waals surface area contributed by atoms with Gasteiger partial charge >= 0.3 is 0 Å². The molecule has 1 heterocycles. The highest BCUT2D eigenvalue weighted by Gasteiger charge is 2.12. The van der Waals surface area contributed by atoms with E-state index in [0.717, 1.165) is 22.5 Å². The van der Waals surface area contributed by atoms with Gasteiger partial charge in [0.05, 0.1) is 11.3 Å². The minimum Gasteiger partial charge on any atom is -0.354 e. The number of nitrogens with zero attached hydrogens (tertiary/aromatic N) is 2. The fourth-order valence-corrected chi connectivity index (χ4v) is 2.16. The van der Waals surface area contributed by atoms with Gasteiger partial charge < -0.3 is 5.73 Å². The highest BCUT2D eigenvalue weighted by atomic mass is 19.1. The third-order valence-electron chi connectivity index (χ3n) is 3.20. The summed E-state index contributed by atoms with van der Waals surface area (Å²) in [6.07, 6.45) is 1.97. The molecule has 0 aliphatic rings. The smallest absolute Gasteiger partial charge is 0.123 e. The molecule has 0 aliphatic carbocycles. The number of aromatic nitrogens is 2.